The minimum absolute atomic E-state index is 0.415. The summed E-state index contributed by atoms with van der Waals surface area (Å²) in [4.78, 5) is 3.55. The van der Waals surface area contributed by atoms with Crippen molar-refractivity contribution in [1.82, 2.24) is 19.1 Å². The average molecular weight is 379 g/mol. The number of nitriles is 1. The van der Waals surface area contributed by atoms with Crippen molar-refractivity contribution in [2.24, 2.45) is 7.05 Å². The van der Waals surface area contributed by atoms with E-state index in [1.54, 1.807) is 6.33 Å². The molecule has 4 rings (SSSR count). The quantitative estimate of drug-likeness (QED) is 0.693. The zero-order valence-corrected chi connectivity index (χ0v) is 16.6. The Labute approximate surface area is 163 Å². The Bertz CT molecular complexity index is 984. The van der Waals surface area contributed by atoms with Crippen molar-refractivity contribution >= 4 is 17.2 Å². The Balaban J connectivity index is 1.68. The summed E-state index contributed by atoms with van der Waals surface area (Å²) in [7, 11) is 2.00. The molecular formula is C20H22N6S. The predicted molar refractivity (Wildman–Crippen MR) is 107 cm³/mol. The second kappa shape index (κ2) is 7.12. The molecule has 1 aliphatic heterocycles. The van der Waals surface area contributed by atoms with E-state index in [4.69, 9.17) is 0 Å². The van der Waals surface area contributed by atoms with Gasteiger partial charge < -0.3 is 9.47 Å². The molecule has 27 heavy (non-hydrogen) atoms. The van der Waals surface area contributed by atoms with Gasteiger partial charge in [-0.1, -0.05) is 12.1 Å². The first-order valence-electron chi connectivity index (χ1n) is 9.15. The summed E-state index contributed by atoms with van der Waals surface area (Å²) in [5, 5.41) is 18.0. The van der Waals surface area contributed by atoms with E-state index in [9.17, 15) is 5.26 Å². The van der Waals surface area contributed by atoms with Crippen LogP contribution in [0.2, 0.25) is 0 Å². The predicted octanol–water partition coefficient (Wildman–Crippen LogP) is 3.81. The van der Waals surface area contributed by atoms with E-state index in [-0.39, 0.29) is 0 Å². The Morgan fingerprint density at radius 1 is 1.22 bits per heavy atom. The molecule has 1 aromatic carbocycles. The highest BCUT2D eigenvalue weighted by molar-refractivity contribution is 7.06. The third-order valence-corrected chi connectivity index (χ3v) is 6.23. The normalized spacial score (nSPS) is 15.1. The van der Waals surface area contributed by atoms with E-state index in [2.05, 4.69) is 38.5 Å². The van der Waals surface area contributed by atoms with E-state index in [0.29, 0.717) is 5.92 Å². The van der Waals surface area contributed by atoms with Gasteiger partial charge in [0.1, 0.15) is 18.2 Å². The largest absolute Gasteiger partial charge is 0.370 e. The van der Waals surface area contributed by atoms with Crippen LogP contribution < -0.4 is 4.90 Å². The fourth-order valence-electron chi connectivity index (χ4n) is 4.07. The first-order chi connectivity index (χ1) is 13.1. The fraction of sp³-hybridized carbons (Fsp3) is 0.400. The molecule has 0 bridgehead atoms. The zero-order valence-electron chi connectivity index (χ0n) is 15.8. The molecule has 0 N–H and O–H groups in total. The van der Waals surface area contributed by atoms with Crippen LogP contribution in [-0.4, -0.2) is 32.2 Å². The van der Waals surface area contributed by atoms with Crippen LogP contribution in [0.15, 0.2) is 24.5 Å². The lowest BCUT2D eigenvalue weighted by molar-refractivity contribution is 0.474. The van der Waals surface area contributed by atoms with E-state index in [1.165, 1.54) is 22.0 Å². The van der Waals surface area contributed by atoms with Crippen LogP contribution in [-0.2, 0) is 7.05 Å². The Morgan fingerprint density at radius 2 is 2.00 bits per heavy atom. The van der Waals surface area contributed by atoms with Gasteiger partial charge in [-0.15, -0.1) is 10.2 Å². The van der Waals surface area contributed by atoms with Gasteiger partial charge in [0.15, 0.2) is 0 Å². The number of para-hydroxylation sites is 1. The first-order valence-corrected chi connectivity index (χ1v) is 9.92. The standard InChI is InChI=1S/C20H22N6S/c1-13-18(14(2)27-24-13)17-6-4-5-16(11-21)19(17)26-9-7-15(8-10-26)20-23-22-12-25(20)3/h4-6,12,15H,7-10H2,1-3H3. The summed E-state index contributed by atoms with van der Waals surface area (Å²) in [6, 6.07) is 8.40. The number of piperidine rings is 1. The van der Waals surface area contributed by atoms with Gasteiger partial charge in [-0.05, 0) is 44.3 Å². The van der Waals surface area contributed by atoms with Crippen molar-refractivity contribution in [2.45, 2.75) is 32.6 Å². The molecule has 0 atom stereocenters. The summed E-state index contributed by atoms with van der Waals surface area (Å²) < 4.78 is 6.52. The maximum Gasteiger partial charge on any atom is 0.135 e. The minimum Gasteiger partial charge on any atom is -0.370 e. The van der Waals surface area contributed by atoms with Gasteiger partial charge >= 0.3 is 0 Å². The topological polar surface area (TPSA) is 70.6 Å². The Hall–Kier alpha value is -2.72. The minimum atomic E-state index is 0.415. The molecule has 138 valence electrons. The summed E-state index contributed by atoms with van der Waals surface area (Å²) in [5.74, 6) is 1.47. The number of aryl methyl sites for hydroxylation is 3. The molecule has 0 radical (unpaired) electrons. The number of aromatic nitrogens is 4. The summed E-state index contributed by atoms with van der Waals surface area (Å²) in [5.41, 5.74) is 5.10. The molecular weight excluding hydrogens is 356 g/mol. The molecule has 3 aromatic rings. The second-order valence-electron chi connectivity index (χ2n) is 7.07. The van der Waals surface area contributed by atoms with Crippen molar-refractivity contribution in [3.63, 3.8) is 0 Å². The monoisotopic (exact) mass is 378 g/mol. The third kappa shape index (κ3) is 3.10. The summed E-state index contributed by atoms with van der Waals surface area (Å²) in [6.45, 7) is 5.95. The highest BCUT2D eigenvalue weighted by Gasteiger charge is 2.27. The van der Waals surface area contributed by atoms with Gasteiger partial charge in [-0.25, -0.2) is 0 Å². The number of hydrogen-bond acceptors (Lipinski definition) is 6. The molecule has 2 aromatic heterocycles. The fourth-order valence-corrected chi connectivity index (χ4v) is 4.78. The average Bonchev–Trinajstić information content (AvgIpc) is 3.26. The van der Waals surface area contributed by atoms with E-state index < -0.39 is 0 Å². The molecule has 7 heteroatoms. The van der Waals surface area contributed by atoms with Crippen molar-refractivity contribution in [3.05, 3.63) is 46.5 Å². The first kappa shape index (κ1) is 17.7. The Morgan fingerprint density at radius 3 is 2.59 bits per heavy atom. The molecule has 1 saturated heterocycles. The number of benzene rings is 1. The molecule has 0 unspecified atom stereocenters. The van der Waals surface area contributed by atoms with Crippen molar-refractivity contribution in [3.8, 4) is 17.2 Å². The lowest BCUT2D eigenvalue weighted by atomic mass is 9.92. The van der Waals surface area contributed by atoms with E-state index >= 15 is 0 Å². The van der Waals surface area contributed by atoms with Crippen LogP contribution in [0, 0.1) is 25.2 Å². The number of anilines is 1. The van der Waals surface area contributed by atoms with Gasteiger partial charge in [-0.2, -0.15) is 9.64 Å². The maximum absolute atomic E-state index is 9.74. The highest BCUT2D eigenvalue weighted by Crippen LogP contribution is 2.40. The molecule has 0 spiro atoms. The van der Waals surface area contributed by atoms with Crippen LogP contribution in [0.5, 0.6) is 0 Å². The number of hydrogen-bond donors (Lipinski definition) is 0. The van der Waals surface area contributed by atoms with Crippen molar-refractivity contribution < 1.29 is 0 Å². The summed E-state index contributed by atoms with van der Waals surface area (Å²) in [6.07, 6.45) is 3.77. The number of rotatable bonds is 3. The summed E-state index contributed by atoms with van der Waals surface area (Å²) >= 11 is 1.53. The molecule has 0 saturated carbocycles. The lowest BCUT2D eigenvalue weighted by Gasteiger charge is -2.35. The molecule has 0 aliphatic carbocycles. The van der Waals surface area contributed by atoms with E-state index in [0.717, 1.165) is 54.3 Å². The van der Waals surface area contributed by atoms with Crippen molar-refractivity contribution in [1.29, 1.82) is 5.26 Å². The highest BCUT2D eigenvalue weighted by atomic mass is 32.1. The second-order valence-corrected chi connectivity index (χ2v) is 8.05. The van der Waals surface area contributed by atoms with Gasteiger partial charge in [0.05, 0.1) is 16.9 Å². The molecule has 1 aliphatic rings. The maximum atomic E-state index is 9.74. The van der Waals surface area contributed by atoms with Gasteiger partial charge in [0, 0.05) is 42.1 Å². The van der Waals surface area contributed by atoms with Gasteiger partial charge in [0.25, 0.3) is 0 Å². The number of nitrogens with zero attached hydrogens (tertiary/aromatic N) is 6. The molecule has 3 heterocycles. The van der Waals surface area contributed by atoms with Crippen LogP contribution in [0.4, 0.5) is 5.69 Å². The smallest absolute Gasteiger partial charge is 0.135 e. The Kier molecular flexibility index (Phi) is 4.66. The molecule has 6 nitrogen and oxygen atoms in total. The van der Waals surface area contributed by atoms with Crippen molar-refractivity contribution in [2.75, 3.05) is 18.0 Å². The van der Waals surface area contributed by atoms with Gasteiger partial charge in [-0.3, -0.25) is 0 Å². The SMILES string of the molecule is Cc1nsc(C)c1-c1cccc(C#N)c1N1CCC(c2nncn2C)CC1. The van der Waals surface area contributed by atoms with Gasteiger partial charge in [0.2, 0.25) is 0 Å². The molecule has 1 fully saturated rings. The lowest BCUT2D eigenvalue weighted by Crippen LogP contribution is -2.34. The third-order valence-electron chi connectivity index (χ3n) is 5.38. The van der Waals surface area contributed by atoms with Crippen LogP contribution >= 0.6 is 11.5 Å². The van der Waals surface area contributed by atoms with Crippen LogP contribution in [0.25, 0.3) is 11.1 Å². The van der Waals surface area contributed by atoms with Crippen LogP contribution in [0.1, 0.15) is 40.7 Å². The van der Waals surface area contributed by atoms with Crippen LogP contribution in [0.3, 0.4) is 0 Å². The van der Waals surface area contributed by atoms with E-state index in [1.807, 2.05) is 30.7 Å². The zero-order chi connectivity index (χ0) is 19.0. The molecule has 0 amide bonds.